The molecule has 10 heteroatoms. The molecule has 0 aromatic heterocycles. The van der Waals surface area contributed by atoms with Crippen molar-refractivity contribution in [2.75, 3.05) is 17.2 Å². The van der Waals surface area contributed by atoms with E-state index in [1.165, 1.54) is 17.8 Å². The fourth-order valence-corrected chi connectivity index (χ4v) is 4.17. The number of hydrogen-bond acceptors (Lipinski definition) is 6. The third-order valence-electron chi connectivity index (χ3n) is 4.96. The van der Waals surface area contributed by atoms with E-state index in [1.807, 2.05) is 13.0 Å². The summed E-state index contributed by atoms with van der Waals surface area (Å²) in [4.78, 5) is 48.9. The average molecular weight is 509 g/mol. The van der Waals surface area contributed by atoms with E-state index in [1.54, 1.807) is 49.4 Å². The molecule has 4 N–H and O–H groups in total. The molecule has 0 radical (unpaired) electrons. The average Bonchev–Trinajstić information content (AvgIpc) is 2.85. The third-order valence-corrected chi connectivity index (χ3v) is 6.05. The van der Waals surface area contributed by atoms with Gasteiger partial charge in [0.2, 0.25) is 5.91 Å². The fourth-order valence-electron chi connectivity index (χ4n) is 3.24. The third kappa shape index (κ3) is 6.63. The largest absolute Gasteiger partial charge is 0.492 e. The van der Waals surface area contributed by atoms with Gasteiger partial charge in [0.15, 0.2) is 0 Å². The van der Waals surface area contributed by atoms with Crippen LogP contribution in [0.5, 0.6) is 5.75 Å². The van der Waals surface area contributed by atoms with Crippen LogP contribution in [-0.4, -0.2) is 45.8 Å². The monoisotopic (exact) mass is 508 g/mol. The lowest BCUT2D eigenvalue weighted by atomic mass is 10.0. The normalized spacial score (nSPS) is 11.3. The van der Waals surface area contributed by atoms with E-state index in [2.05, 4.69) is 10.6 Å². The summed E-state index contributed by atoms with van der Waals surface area (Å²) in [7, 11) is 0. The predicted octanol–water partition coefficient (Wildman–Crippen LogP) is 4.85. The lowest BCUT2D eigenvalue weighted by Gasteiger charge is -2.15. The summed E-state index contributed by atoms with van der Waals surface area (Å²) >= 11 is 1.28. The molecule has 2 amide bonds. The van der Waals surface area contributed by atoms with Crippen LogP contribution in [0.3, 0.4) is 0 Å². The van der Waals surface area contributed by atoms with Crippen molar-refractivity contribution in [1.29, 1.82) is 0 Å². The van der Waals surface area contributed by atoms with E-state index >= 15 is 0 Å². The molecule has 186 valence electrons. The molecule has 0 heterocycles. The van der Waals surface area contributed by atoms with E-state index in [-0.39, 0.29) is 17.0 Å². The van der Waals surface area contributed by atoms with Gasteiger partial charge < -0.3 is 25.6 Å². The van der Waals surface area contributed by atoms with Crippen LogP contribution in [0.4, 0.5) is 11.4 Å². The molecular formula is C26H24N2O7S. The zero-order valence-electron chi connectivity index (χ0n) is 19.5. The molecular weight excluding hydrogens is 484 g/mol. The molecule has 0 saturated heterocycles. The Balaban J connectivity index is 1.70. The zero-order valence-corrected chi connectivity index (χ0v) is 20.3. The number of benzene rings is 3. The van der Waals surface area contributed by atoms with Gasteiger partial charge >= 0.3 is 11.9 Å². The summed E-state index contributed by atoms with van der Waals surface area (Å²) in [5.74, 6) is -3.07. The molecule has 0 aliphatic carbocycles. The van der Waals surface area contributed by atoms with Gasteiger partial charge in [0.25, 0.3) is 5.91 Å². The minimum atomic E-state index is -1.42. The van der Waals surface area contributed by atoms with Crippen LogP contribution in [0.2, 0.25) is 0 Å². The Bertz CT molecular complexity index is 1310. The first-order valence-corrected chi connectivity index (χ1v) is 11.8. The maximum absolute atomic E-state index is 12.7. The standard InChI is InChI=1S/C26H24N2O7S/c1-3-35-22-10-5-4-9-21(22)28-23(29)15(2)36-18-8-6-7-17(14-18)27-24(30)19-12-11-16(25(31)32)13-20(19)26(33)34/h4-15H,3H2,1-2H3,(H,27,30)(H,28,29)(H,31,32)(H,33,34). The number of carbonyl (C=O) groups is 4. The number of para-hydroxylation sites is 2. The summed E-state index contributed by atoms with van der Waals surface area (Å²) in [5.41, 5.74) is 0.124. The van der Waals surface area contributed by atoms with Crippen LogP contribution in [0, 0.1) is 0 Å². The van der Waals surface area contributed by atoms with Crippen molar-refractivity contribution in [3.05, 3.63) is 83.4 Å². The highest BCUT2D eigenvalue weighted by Crippen LogP contribution is 2.29. The Morgan fingerprint density at radius 2 is 1.64 bits per heavy atom. The van der Waals surface area contributed by atoms with Gasteiger partial charge in [-0.25, -0.2) is 9.59 Å². The van der Waals surface area contributed by atoms with Gasteiger partial charge in [-0.15, -0.1) is 11.8 Å². The van der Waals surface area contributed by atoms with Crippen LogP contribution in [0.15, 0.2) is 71.6 Å². The highest BCUT2D eigenvalue weighted by molar-refractivity contribution is 8.00. The van der Waals surface area contributed by atoms with Crippen LogP contribution >= 0.6 is 11.8 Å². The molecule has 0 aliphatic heterocycles. The first-order valence-electron chi connectivity index (χ1n) is 10.9. The molecule has 0 aliphatic rings. The van der Waals surface area contributed by atoms with Crippen molar-refractivity contribution in [3.8, 4) is 5.75 Å². The Morgan fingerprint density at radius 3 is 2.33 bits per heavy atom. The van der Waals surface area contributed by atoms with E-state index in [0.29, 0.717) is 28.6 Å². The molecule has 3 aromatic carbocycles. The minimum Gasteiger partial charge on any atom is -0.492 e. The molecule has 1 atom stereocenters. The molecule has 0 bridgehead atoms. The molecule has 3 rings (SSSR count). The Morgan fingerprint density at radius 1 is 0.889 bits per heavy atom. The van der Waals surface area contributed by atoms with Crippen LogP contribution in [0.1, 0.15) is 44.9 Å². The minimum absolute atomic E-state index is 0.175. The second-order valence-electron chi connectivity index (χ2n) is 7.53. The Kier molecular flexibility index (Phi) is 8.69. The second kappa shape index (κ2) is 11.9. The number of carboxylic acid groups (broad SMARTS) is 2. The number of thioether (sulfide) groups is 1. The summed E-state index contributed by atoms with van der Waals surface area (Å²) in [6.07, 6.45) is 0. The summed E-state index contributed by atoms with van der Waals surface area (Å²) in [5, 5.41) is 23.5. The fraction of sp³-hybridized carbons (Fsp3) is 0.154. The van der Waals surface area contributed by atoms with E-state index in [0.717, 1.165) is 12.1 Å². The van der Waals surface area contributed by atoms with Crippen LogP contribution < -0.4 is 15.4 Å². The molecule has 1 unspecified atom stereocenters. The van der Waals surface area contributed by atoms with Crippen molar-refractivity contribution in [3.63, 3.8) is 0 Å². The second-order valence-corrected chi connectivity index (χ2v) is 8.95. The Labute approximate surface area is 211 Å². The first-order chi connectivity index (χ1) is 17.2. The van der Waals surface area contributed by atoms with Gasteiger partial charge in [0, 0.05) is 10.6 Å². The Hall–Kier alpha value is -4.31. The molecule has 9 nitrogen and oxygen atoms in total. The quantitative estimate of drug-likeness (QED) is 0.285. The van der Waals surface area contributed by atoms with Gasteiger partial charge in [-0.3, -0.25) is 9.59 Å². The van der Waals surface area contributed by atoms with Crippen molar-refractivity contribution < 1.29 is 34.1 Å². The predicted molar refractivity (Wildman–Crippen MR) is 136 cm³/mol. The molecule has 0 spiro atoms. The molecule has 36 heavy (non-hydrogen) atoms. The lowest BCUT2D eigenvalue weighted by Crippen LogP contribution is -2.22. The van der Waals surface area contributed by atoms with Gasteiger partial charge in [-0.2, -0.15) is 0 Å². The number of anilines is 2. The lowest BCUT2D eigenvalue weighted by molar-refractivity contribution is -0.115. The topological polar surface area (TPSA) is 142 Å². The van der Waals surface area contributed by atoms with Crippen molar-refractivity contribution in [2.24, 2.45) is 0 Å². The number of nitrogens with one attached hydrogen (secondary N) is 2. The summed E-state index contributed by atoms with van der Waals surface area (Å²) < 4.78 is 5.54. The smallest absolute Gasteiger partial charge is 0.336 e. The number of aromatic carboxylic acids is 2. The maximum Gasteiger partial charge on any atom is 0.336 e. The SMILES string of the molecule is CCOc1ccccc1NC(=O)C(C)Sc1cccc(NC(=O)c2ccc(C(=O)O)cc2C(=O)O)c1. The number of ether oxygens (including phenoxy) is 1. The number of hydrogen-bond donors (Lipinski definition) is 4. The van der Waals surface area contributed by atoms with E-state index < -0.39 is 28.7 Å². The van der Waals surface area contributed by atoms with E-state index in [4.69, 9.17) is 9.84 Å². The van der Waals surface area contributed by atoms with Gasteiger partial charge in [-0.1, -0.05) is 18.2 Å². The van der Waals surface area contributed by atoms with Gasteiger partial charge in [0.1, 0.15) is 5.75 Å². The molecule has 0 saturated carbocycles. The number of rotatable bonds is 10. The highest BCUT2D eigenvalue weighted by Gasteiger charge is 2.20. The van der Waals surface area contributed by atoms with Gasteiger partial charge in [-0.05, 0) is 62.4 Å². The highest BCUT2D eigenvalue weighted by atomic mass is 32.2. The van der Waals surface area contributed by atoms with Crippen molar-refractivity contribution >= 4 is 46.9 Å². The molecule has 3 aromatic rings. The van der Waals surface area contributed by atoms with Crippen molar-refractivity contribution in [2.45, 2.75) is 24.0 Å². The number of carbonyl (C=O) groups excluding carboxylic acids is 2. The zero-order chi connectivity index (χ0) is 26.2. The van der Waals surface area contributed by atoms with Crippen LogP contribution in [0.25, 0.3) is 0 Å². The number of amides is 2. The van der Waals surface area contributed by atoms with Gasteiger partial charge in [0.05, 0.1) is 34.2 Å². The number of carboxylic acids is 2. The summed E-state index contributed by atoms with van der Waals surface area (Å²) in [6.45, 7) is 4.07. The summed E-state index contributed by atoms with van der Waals surface area (Å²) in [6, 6.07) is 17.2. The molecule has 0 fully saturated rings. The maximum atomic E-state index is 12.7. The first kappa shape index (κ1) is 26.3. The van der Waals surface area contributed by atoms with Crippen LogP contribution in [-0.2, 0) is 4.79 Å². The van der Waals surface area contributed by atoms with Crippen molar-refractivity contribution in [1.82, 2.24) is 0 Å². The van der Waals surface area contributed by atoms with E-state index in [9.17, 15) is 24.3 Å².